The molecule has 0 aliphatic carbocycles. The summed E-state index contributed by atoms with van der Waals surface area (Å²) >= 11 is 1.84. The minimum Gasteiger partial charge on any atom is -0.497 e. The molecule has 3 nitrogen and oxygen atoms in total. The Balaban J connectivity index is 2.27. The summed E-state index contributed by atoms with van der Waals surface area (Å²) in [5.74, 6) is 3.64. The zero-order valence-corrected chi connectivity index (χ0v) is 10.9. The number of rotatable bonds is 4. The summed E-state index contributed by atoms with van der Waals surface area (Å²) in [6, 6.07) is 5.36. The summed E-state index contributed by atoms with van der Waals surface area (Å²) in [5, 5.41) is 0. The number of carbonyl (C=O) groups excluding carboxylic acids is 1. The van der Waals surface area contributed by atoms with Crippen molar-refractivity contribution in [1.82, 2.24) is 0 Å². The van der Waals surface area contributed by atoms with Crippen LogP contribution in [0.25, 0.3) is 0 Å². The summed E-state index contributed by atoms with van der Waals surface area (Å²) in [7, 11) is 3.18. The highest BCUT2D eigenvalue weighted by molar-refractivity contribution is 7.99. The first-order chi connectivity index (χ1) is 8.26. The molecule has 1 fully saturated rings. The molecule has 0 N–H and O–H groups in total. The average molecular weight is 252 g/mol. The van der Waals surface area contributed by atoms with Crippen molar-refractivity contribution >= 4 is 17.5 Å². The lowest BCUT2D eigenvalue weighted by atomic mass is 9.96. The van der Waals surface area contributed by atoms with Crippen LogP contribution in [0.1, 0.15) is 16.8 Å². The van der Waals surface area contributed by atoms with E-state index in [9.17, 15) is 4.79 Å². The Bertz CT molecular complexity index is 411. The van der Waals surface area contributed by atoms with Gasteiger partial charge in [-0.2, -0.15) is 11.8 Å². The Hall–Kier alpha value is -1.16. The van der Waals surface area contributed by atoms with Gasteiger partial charge in [0.1, 0.15) is 11.5 Å². The van der Waals surface area contributed by atoms with E-state index in [0.29, 0.717) is 17.1 Å². The van der Waals surface area contributed by atoms with Crippen LogP contribution in [-0.4, -0.2) is 31.5 Å². The third kappa shape index (κ3) is 2.57. The van der Waals surface area contributed by atoms with E-state index in [1.54, 1.807) is 32.4 Å². The predicted octanol–water partition coefficient (Wildman–Crippen LogP) is 2.64. The van der Waals surface area contributed by atoms with Gasteiger partial charge in [-0.3, -0.25) is 4.79 Å². The second-order valence-electron chi connectivity index (χ2n) is 3.99. The minimum atomic E-state index is 0.141. The van der Waals surface area contributed by atoms with Crippen LogP contribution in [0.15, 0.2) is 18.2 Å². The Morgan fingerprint density at radius 3 is 2.76 bits per heavy atom. The lowest BCUT2D eigenvalue weighted by molar-refractivity contribution is 0.0930. The molecular formula is C13H16O3S. The van der Waals surface area contributed by atoms with E-state index in [1.807, 2.05) is 11.8 Å². The van der Waals surface area contributed by atoms with Crippen molar-refractivity contribution in [3.63, 3.8) is 0 Å². The molecule has 0 amide bonds. The van der Waals surface area contributed by atoms with Gasteiger partial charge < -0.3 is 9.47 Å². The highest BCUT2D eigenvalue weighted by Crippen LogP contribution is 2.31. The Labute approximate surface area is 105 Å². The molecule has 1 heterocycles. The highest BCUT2D eigenvalue weighted by atomic mass is 32.2. The number of hydrogen-bond acceptors (Lipinski definition) is 4. The van der Waals surface area contributed by atoms with Crippen LogP contribution in [0.2, 0.25) is 0 Å². The topological polar surface area (TPSA) is 35.5 Å². The number of Topliss-reactive ketones (excluding diaryl/α,β-unsaturated/α-hetero) is 1. The maximum atomic E-state index is 12.3. The second kappa shape index (κ2) is 5.45. The van der Waals surface area contributed by atoms with Crippen LogP contribution in [0.4, 0.5) is 0 Å². The summed E-state index contributed by atoms with van der Waals surface area (Å²) in [6.45, 7) is 0. The molecule has 0 saturated carbocycles. The molecule has 1 aromatic carbocycles. The fourth-order valence-electron chi connectivity index (χ4n) is 1.96. The van der Waals surface area contributed by atoms with Crippen LogP contribution in [0.3, 0.4) is 0 Å². The summed E-state index contributed by atoms with van der Waals surface area (Å²) in [5.41, 5.74) is 0.667. The van der Waals surface area contributed by atoms with Gasteiger partial charge in [0.25, 0.3) is 0 Å². The van der Waals surface area contributed by atoms with Crippen molar-refractivity contribution in [2.24, 2.45) is 5.92 Å². The number of hydrogen-bond donors (Lipinski definition) is 0. The Morgan fingerprint density at radius 2 is 2.18 bits per heavy atom. The van der Waals surface area contributed by atoms with Gasteiger partial charge in [0, 0.05) is 17.7 Å². The quantitative estimate of drug-likeness (QED) is 0.772. The van der Waals surface area contributed by atoms with Crippen molar-refractivity contribution < 1.29 is 14.3 Å². The van der Waals surface area contributed by atoms with Gasteiger partial charge in [0.2, 0.25) is 0 Å². The highest BCUT2D eigenvalue weighted by Gasteiger charge is 2.26. The normalized spacial score (nSPS) is 19.1. The zero-order chi connectivity index (χ0) is 12.3. The molecule has 1 atom stereocenters. The van der Waals surface area contributed by atoms with E-state index in [4.69, 9.17) is 9.47 Å². The van der Waals surface area contributed by atoms with Crippen LogP contribution in [0.5, 0.6) is 11.5 Å². The number of methoxy groups -OCH3 is 2. The van der Waals surface area contributed by atoms with E-state index in [1.165, 1.54) is 0 Å². The largest absolute Gasteiger partial charge is 0.497 e. The van der Waals surface area contributed by atoms with Crippen molar-refractivity contribution in [2.45, 2.75) is 6.42 Å². The average Bonchev–Trinajstić information content (AvgIpc) is 2.91. The third-order valence-corrected chi connectivity index (χ3v) is 4.14. The van der Waals surface area contributed by atoms with Gasteiger partial charge in [-0.1, -0.05) is 0 Å². The van der Waals surface area contributed by atoms with Crippen molar-refractivity contribution in [3.8, 4) is 11.5 Å². The maximum absolute atomic E-state index is 12.3. The van der Waals surface area contributed by atoms with Gasteiger partial charge in [0.15, 0.2) is 5.78 Å². The molecule has 2 rings (SSSR count). The van der Waals surface area contributed by atoms with Gasteiger partial charge >= 0.3 is 0 Å². The molecule has 1 unspecified atom stereocenters. The molecule has 1 saturated heterocycles. The van der Waals surface area contributed by atoms with Crippen LogP contribution in [0, 0.1) is 5.92 Å². The fourth-order valence-corrected chi connectivity index (χ4v) is 3.18. The molecule has 1 aliphatic rings. The lowest BCUT2D eigenvalue weighted by Crippen LogP contribution is -2.14. The second-order valence-corrected chi connectivity index (χ2v) is 5.14. The molecule has 0 radical (unpaired) electrons. The fraction of sp³-hybridized carbons (Fsp3) is 0.462. The summed E-state index contributed by atoms with van der Waals surface area (Å²) in [4.78, 5) is 12.3. The smallest absolute Gasteiger partial charge is 0.170 e. The molecule has 92 valence electrons. The molecule has 1 aromatic rings. The third-order valence-electron chi connectivity index (χ3n) is 2.97. The first-order valence-corrected chi connectivity index (χ1v) is 6.75. The molecule has 1 aliphatic heterocycles. The monoisotopic (exact) mass is 252 g/mol. The van der Waals surface area contributed by atoms with E-state index >= 15 is 0 Å². The Morgan fingerprint density at radius 1 is 1.35 bits per heavy atom. The van der Waals surface area contributed by atoms with Crippen LogP contribution >= 0.6 is 11.8 Å². The van der Waals surface area contributed by atoms with E-state index in [2.05, 4.69) is 0 Å². The van der Waals surface area contributed by atoms with Crippen LogP contribution < -0.4 is 9.47 Å². The summed E-state index contributed by atoms with van der Waals surface area (Å²) < 4.78 is 10.4. The van der Waals surface area contributed by atoms with Crippen molar-refractivity contribution in [1.29, 1.82) is 0 Å². The van der Waals surface area contributed by atoms with E-state index in [0.717, 1.165) is 17.9 Å². The number of ether oxygens (including phenoxy) is 2. The molecular weight excluding hydrogens is 236 g/mol. The van der Waals surface area contributed by atoms with E-state index in [-0.39, 0.29) is 11.7 Å². The van der Waals surface area contributed by atoms with Crippen molar-refractivity contribution in [3.05, 3.63) is 23.8 Å². The first-order valence-electron chi connectivity index (χ1n) is 5.60. The van der Waals surface area contributed by atoms with Gasteiger partial charge in [-0.05, 0) is 24.3 Å². The van der Waals surface area contributed by atoms with Crippen molar-refractivity contribution in [2.75, 3.05) is 25.7 Å². The Kier molecular flexibility index (Phi) is 3.94. The standard InChI is InChI=1S/C13H16O3S/c1-15-10-3-4-11(12(7-10)16-2)13(14)9-5-6-17-8-9/h3-4,7,9H,5-6,8H2,1-2H3. The van der Waals surface area contributed by atoms with Crippen LogP contribution in [-0.2, 0) is 0 Å². The number of ketones is 1. The first kappa shape index (κ1) is 12.3. The maximum Gasteiger partial charge on any atom is 0.170 e. The number of carbonyl (C=O) groups is 1. The predicted molar refractivity (Wildman–Crippen MR) is 69.3 cm³/mol. The molecule has 4 heteroatoms. The van der Waals surface area contributed by atoms with E-state index < -0.39 is 0 Å². The molecule has 0 bridgehead atoms. The molecule has 17 heavy (non-hydrogen) atoms. The lowest BCUT2D eigenvalue weighted by Gasteiger charge is -2.12. The number of thioether (sulfide) groups is 1. The summed E-state index contributed by atoms with van der Waals surface area (Å²) in [6.07, 6.45) is 0.971. The zero-order valence-electron chi connectivity index (χ0n) is 10.1. The number of benzene rings is 1. The SMILES string of the molecule is COc1ccc(C(=O)C2CCSC2)c(OC)c1. The minimum absolute atomic E-state index is 0.141. The molecule has 0 aromatic heterocycles. The van der Waals surface area contributed by atoms with Gasteiger partial charge in [0.05, 0.1) is 19.8 Å². The molecule has 0 spiro atoms. The van der Waals surface area contributed by atoms with Gasteiger partial charge in [-0.15, -0.1) is 0 Å². The van der Waals surface area contributed by atoms with Gasteiger partial charge in [-0.25, -0.2) is 0 Å².